The second kappa shape index (κ2) is 4.13. The number of H-pyrrole nitrogens is 1. The molecule has 78 valence electrons. The Hall–Kier alpha value is -1.84. The molecule has 0 aliphatic carbocycles. The standard InChI is InChI=1S/C11H14N4/c1-8-3-4-12-10(7-8)15-9(2)11-13-5-6-14-11/h3-7,9H,1-2H3,(H,12,15)(H,13,14). The number of aryl methyl sites for hydroxylation is 1. The first kappa shape index (κ1) is 9.71. The highest BCUT2D eigenvalue weighted by molar-refractivity contribution is 5.38. The number of nitrogens with one attached hydrogen (secondary N) is 2. The average Bonchev–Trinajstić information content (AvgIpc) is 2.70. The predicted octanol–water partition coefficient (Wildman–Crippen LogP) is 2.29. The summed E-state index contributed by atoms with van der Waals surface area (Å²) in [7, 11) is 0. The van der Waals surface area contributed by atoms with Crippen molar-refractivity contribution in [2.45, 2.75) is 19.9 Å². The lowest BCUT2D eigenvalue weighted by atomic mass is 10.2. The van der Waals surface area contributed by atoms with E-state index in [0.717, 1.165) is 11.6 Å². The van der Waals surface area contributed by atoms with E-state index in [1.807, 2.05) is 32.2 Å². The second-order valence-corrected chi connectivity index (χ2v) is 3.56. The van der Waals surface area contributed by atoms with Crippen LogP contribution in [0.25, 0.3) is 0 Å². The van der Waals surface area contributed by atoms with Gasteiger partial charge in [-0.15, -0.1) is 0 Å². The molecule has 0 aliphatic heterocycles. The molecule has 0 saturated heterocycles. The highest BCUT2D eigenvalue weighted by Gasteiger charge is 2.07. The lowest BCUT2D eigenvalue weighted by molar-refractivity contribution is 0.803. The van der Waals surface area contributed by atoms with E-state index in [1.54, 1.807) is 12.4 Å². The van der Waals surface area contributed by atoms with E-state index in [4.69, 9.17) is 0 Å². The third kappa shape index (κ3) is 2.34. The Morgan fingerprint density at radius 1 is 1.33 bits per heavy atom. The predicted molar refractivity (Wildman–Crippen MR) is 59.6 cm³/mol. The van der Waals surface area contributed by atoms with Gasteiger partial charge in [0.15, 0.2) is 0 Å². The third-order valence-electron chi connectivity index (χ3n) is 2.21. The van der Waals surface area contributed by atoms with Crippen molar-refractivity contribution in [2.24, 2.45) is 0 Å². The summed E-state index contributed by atoms with van der Waals surface area (Å²) in [5.41, 5.74) is 1.19. The molecule has 2 rings (SSSR count). The van der Waals surface area contributed by atoms with Crippen molar-refractivity contribution in [2.75, 3.05) is 5.32 Å². The summed E-state index contributed by atoms with van der Waals surface area (Å²) in [4.78, 5) is 11.5. The molecule has 2 N–H and O–H groups in total. The van der Waals surface area contributed by atoms with Crippen molar-refractivity contribution in [1.82, 2.24) is 15.0 Å². The molecule has 2 heterocycles. The van der Waals surface area contributed by atoms with E-state index in [-0.39, 0.29) is 6.04 Å². The Bertz CT molecular complexity index is 422. The molecule has 0 amide bonds. The molecule has 0 aromatic carbocycles. The Morgan fingerprint density at radius 2 is 2.20 bits per heavy atom. The lowest BCUT2D eigenvalue weighted by Crippen LogP contribution is -2.09. The van der Waals surface area contributed by atoms with Crippen molar-refractivity contribution < 1.29 is 0 Å². The van der Waals surface area contributed by atoms with E-state index < -0.39 is 0 Å². The summed E-state index contributed by atoms with van der Waals surface area (Å²) in [6, 6.07) is 4.12. The Balaban J connectivity index is 2.09. The van der Waals surface area contributed by atoms with Gasteiger partial charge in [0.25, 0.3) is 0 Å². The van der Waals surface area contributed by atoms with Crippen molar-refractivity contribution in [3.63, 3.8) is 0 Å². The fourth-order valence-corrected chi connectivity index (χ4v) is 1.42. The highest BCUT2D eigenvalue weighted by Crippen LogP contribution is 2.14. The van der Waals surface area contributed by atoms with Crippen LogP contribution in [0.2, 0.25) is 0 Å². The Labute approximate surface area is 88.8 Å². The molecular weight excluding hydrogens is 188 g/mol. The zero-order chi connectivity index (χ0) is 10.7. The van der Waals surface area contributed by atoms with Crippen LogP contribution in [0.3, 0.4) is 0 Å². The quantitative estimate of drug-likeness (QED) is 0.802. The zero-order valence-corrected chi connectivity index (χ0v) is 8.86. The first-order chi connectivity index (χ1) is 7.25. The van der Waals surface area contributed by atoms with Gasteiger partial charge in [0.1, 0.15) is 11.6 Å². The number of rotatable bonds is 3. The molecule has 0 bridgehead atoms. The van der Waals surface area contributed by atoms with Gasteiger partial charge in [0.05, 0.1) is 6.04 Å². The maximum absolute atomic E-state index is 4.24. The number of aromatic amines is 1. The first-order valence-electron chi connectivity index (χ1n) is 4.94. The number of anilines is 1. The number of imidazole rings is 1. The molecule has 0 radical (unpaired) electrons. The summed E-state index contributed by atoms with van der Waals surface area (Å²) in [5.74, 6) is 1.79. The molecule has 1 atom stereocenters. The topological polar surface area (TPSA) is 53.6 Å². The maximum Gasteiger partial charge on any atom is 0.128 e. The zero-order valence-electron chi connectivity index (χ0n) is 8.86. The molecule has 0 spiro atoms. The molecule has 1 unspecified atom stereocenters. The van der Waals surface area contributed by atoms with Crippen LogP contribution in [0.5, 0.6) is 0 Å². The Morgan fingerprint density at radius 3 is 2.87 bits per heavy atom. The molecule has 4 heteroatoms. The van der Waals surface area contributed by atoms with E-state index in [0.29, 0.717) is 0 Å². The van der Waals surface area contributed by atoms with E-state index in [9.17, 15) is 0 Å². The number of aromatic nitrogens is 3. The van der Waals surface area contributed by atoms with Crippen LogP contribution in [-0.2, 0) is 0 Å². The fraction of sp³-hybridized carbons (Fsp3) is 0.273. The SMILES string of the molecule is Cc1ccnc(NC(C)c2ncc[nH]2)c1. The van der Waals surface area contributed by atoms with Gasteiger partial charge in [-0.2, -0.15) is 0 Å². The van der Waals surface area contributed by atoms with Crippen LogP contribution < -0.4 is 5.32 Å². The van der Waals surface area contributed by atoms with Crippen LogP contribution >= 0.6 is 0 Å². The summed E-state index contributed by atoms with van der Waals surface area (Å²) < 4.78 is 0. The van der Waals surface area contributed by atoms with Gasteiger partial charge in [-0.3, -0.25) is 0 Å². The van der Waals surface area contributed by atoms with Crippen LogP contribution in [0.4, 0.5) is 5.82 Å². The van der Waals surface area contributed by atoms with Crippen LogP contribution in [-0.4, -0.2) is 15.0 Å². The number of nitrogens with zero attached hydrogens (tertiary/aromatic N) is 2. The summed E-state index contributed by atoms with van der Waals surface area (Å²) in [6.07, 6.45) is 5.36. The van der Waals surface area contributed by atoms with Crippen molar-refractivity contribution in [3.05, 3.63) is 42.1 Å². The molecule has 2 aromatic heterocycles. The number of pyridine rings is 1. The monoisotopic (exact) mass is 202 g/mol. The number of hydrogen-bond donors (Lipinski definition) is 2. The van der Waals surface area contributed by atoms with Gasteiger partial charge in [0, 0.05) is 18.6 Å². The molecule has 0 fully saturated rings. The van der Waals surface area contributed by atoms with E-state index >= 15 is 0 Å². The average molecular weight is 202 g/mol. The smallest absolute Gasteiger partial charge is 0.128 e. The Kier molecular flexibility index (Phi) is 2.67. The fourth-order valence-electron chi connectivity index (χ4n) is 1.42. The minimum Gasteiger partial charge on any atom is -0.360 e. The minimum absolute atomic E-state index is 0.134. The maximum atomic E-state index is 4.24. The van der Waals surface area contributed by atoms with Gasteiger partial charge in [0.2, 0.25) is 0 Å². The molecule has 0 saturated carbocycles. The molecule has 2 aromatic rings. The van der Waals surface area contributed by atoms with Gasteiger partial charge < -0.3 is 10.3 Å². The summed E-state index contributed by atoms with van der Waals surface area (Å²) in [5, 5.41) is 3.28. The normalized spacial score (nSPS) is 12.4. The van der Waals surface area contributed by atoms with Gasteiger partial charge >= 0.3 is 0 Å². The summed E-state index contributed by atoms with van der Waals surface area (Å²) in [6.45, 7) is 4.09. The first-order valence-corrected chi connectivity index (χ1v) is 4.94. The largest absolute Gasteiger partial charge is 0.360 e. The van der Waals surface area contributed by atoms with Crippen LogP contribution in [0.15, 0.2) is 30.7 Å². The molecule has 4 nitrogen and oxygen atoms in total. The minimum atomic E-state index is 0.134. The van der Waals surface area contributed by atoms with Crippen molar-refractivity contribution >= 4 is 5.82 Å². The van der Waals surface area contributed by atoms with Crippen LogP contribution in [0.1, 0.15) is 24.4 Å². The molecular formula is C11H14N4. The van der Waals surface area contributed by atoms with Crippen molar-refractivity contribution in [3.8, 4) is 0 Å². The second-order valence-electron chi connectivity index (χ2n) is 3.56. The van der Waals surface area contributed by atoms with E-state index in [2.05, 4.69) is 20.3 Å². The van der Waals surface area contributed by atoms with Gasteiger partial charge in [-0.05, 0) is 31.5 Å². The molecule has 15 heavy (non-hydrogen) atoms. The third-order valence-corrected chi connectivity index (χ3v) is 2.21. The van der Waals surface area contributed by atoms with Crippen LogP contribution in [0, 0.1) is 6.92 Å². The summed E-state index contributed by atoms with van der Waals surface area (Å²) >= 11 is 0. The highest BCUT2D eigenvalue weighted by atomic mass is 15.1. The van der Waals surface area contributed by atoms with Crippen molar-refractivity contribution in [1.29, 1.82) is 0 Å². The lowest BCUT2D eigenvalue weighted by Gasteiger charge is -2.12. The van der Waals surface area contributed by atoms with Gasteiger partial charge in [-0.25, -0.2) is 9.97 Å². The number of hydrogen-bond acceptors (Lipinski definition) is 3. The van der Waals surface area contributed by atoms with Gasteiger partial charge in [-0.1, -0.05) is 0 Å². The van der Waals surface area contributed by atoms with E-state index in [1.165, 1.54) is 5.56 Å². The molecule has 0 aliphatic rings.